The molecule has 0 bridgehead atoms. The minimum absolute atomic E-state index is 0.0271. The lowest BCUT2D eigenvalue weighted by Gasteiger charge is -2.07. The van der Waals surface area contributed by atoms with Gasteiger partial charge in [-0.25, -0.2) is 4.98 Å². The molecule has 0 saturated heterocycles. The highest BCUT2D eigenvalue weighted by Gasteiger charge is 2.32. The average Bonchev–Trinajstić information content (AvgIpc) is 2.01. The molecule has 0 unspecified atom stereocenters. The molecule has 0 radical (unpaired) electrons. The smallest absolute Gasteiger partial charge is 0.390 e. The molecule has 0 amide bonds. The lowest BCUT2D eigenvalue weighted by atomic mass is 10.3. The van der Waals surface area contributed by atoms with Crippen LogP contribution in [0.1, 0.15) is 11.4 Å². The molecular formula is C7H5F3INO. The molecule has 1 rings (SSSR count). The summed E-state index contributed by atoms with van der Waals surface area (Å²) in [6.45, 7) is -0.486. The second-order valence-corrected chi connectivity index (χ2v) is 3.56. The van der Waals surface area contributed by atoms with Gasteiger partial charge in [-0.3, -0.25) is 0 Å². The van der Waals surface area contributed by atoms with Crippen LogP contribution in [0, 0.1) is 3.57 Å². The predicted molar refractivity (Wildman–Crippen MR) is 47.9 cm³/mol. The Morgan fingerprint density at radius 2 is 2.00 bits per heavy atom. The highest BCUT2D eigenvalue weighted by Crippen LogP contribution is 2.28. The Morgan fingerprint density at radius 1 is 1.38 bits per heavy atom. The zero-order valence-electron chi connectivity index (χ0n) is 6.27. The van der Waals surface area contributed by atoms with E-state index in [1.54, 1.807) is 22.6 Å². The fourth-order valence-corrected chi connectivity index (χ4v) is 1.43. The van der Waals surface area contributed by atoms with Crippen molar-refractivity contribution < 1.29 is 18.3 Å². The summed E-state index contributed by atoms with van der Waals surface area (Å²) in [6.07, 6.45) is -4.45. The Kier molecular flexibility index (Phi) is 3.12. The minimum Gasteiger partial charge on any atom is -0.390 e. The Balaban J connectivity index is 3.16. The van der Waals surface area contributed by atoms with E-state index in [9.17, 15) is 13.2 Å². The standard InChI is InChI=1S/C7H5F3INO/c8-7(9,10)6-2-4(11)1-5(3-13)12-6/h1-2,13H,3H2. The predicted octanol–water partition coefficient (Wildman–Crippen LogP) is 2.20. The molecule has 0 aliphatic rings. The molecule has 1 heterocycles. The number of alkyl halides is 3. The Morgan fingerprint density at radius 3 is 2.46 bits per heavy atom. The summed E-state index contributed by atoms with van der Waals surface area (Å²) in [7, 11) is 0. The number of aliphatic hydroxyl groups excluding tert-OH is 1. The minimum atomic E-state index is -4.45. The summed E-state index contributed by atoms with van der Waals surface area (Å²) in [5.41, 5.74) is -0.942. The zero-order valence-corrected chi connectivity index (χ0v) is 8.43. The van der Waals surface area contributed by atoms with Crippen molar-refractivity contribution in [3.63, 3.8) is 0 Å². The molecule has 0 aliphatic heterocycles. The van der Waals surface area contributed by atoms with Gasteiger partial charge in [-0.05, 0) is 34.7 Å². The largest absolute Gasteiger partial charge is 0.433 e. The summed E-state index contributed by atoms with van der Waals surface area (Å²) >= 11 is 1.74. The van der Waals surface area contributed by atoms with Gasteiger partial charge < -0.3 is 5.11 Å². The normalized spacial score (nSPS) is 11.8. The molecule has 72 valence electrons. The molecule has 0 atom stereocenters. The van der Waals surface area contributed by atoms with Gasteiger partial charge in [0.1, 0.15) is 5.69 Å². The molecule has 0 aromatic carbocycles. The highest BCUT2D eigenvalue weighted by atomic mass is 127. The third-order valence-corrected chi connectivity index (χ3v) is 1.92. The van der Waals surface area contributed by atoms with Crippen LogP contribution >= 0.6 is 22.6 Å². The van der Waals surface area contributed by atoms with Crippen LogP contribution in [0.25, 0.3) is 0 Å². The number of hydrogen-bond donors (Lipinski definition) is 1. The van der Waals surface area contributed by atoms with Gasteiger partial charge in [0.25, 0.3) is 0 Å². The van der Waals surface area contributed by atoms with Crippen LogP contribution in [0.3, 0.4) is 0 Å². The number of aromatic nitrogens is 1. The van der Waals surface area contributed by atoms with Crippen LogP contribution in [0.4, 0.5) is 13.2 Å². The summed E-state index contributed by atoms with van der Waals surface area (Å²) in [6, 6.07) is 2.33. The molecule has 1 aromatic rings. The van der Waals surface area contributed by atoms with Gasteiger partial charge in [0.05, 0.1) is 12.3 Å². The second-order valence-electron chi connectivity index (χ2n) is 2.32. The van der Waals surface area contributed by atoms with E-state index < -0.39 is 18.5 Å². The maximum Gasteiger partial charge on any atom is 0.433 e. The fraction of sp³-hybridized carbons (Fsp3) is 0.286. The average molecular weight is 303 g/mol. The summed E-state index contributed by atoms with van der Waals surface area (Å²) in [5.74, 6) is 0. The monoisotopic (exact) mass is 303 g/mol. The Hall–Kier alpha value is -0.370. The van der Waals surface area contributed by atoms with Crippen molar-refractivity contribution in [1.29, 1.82) is 0 Å². The van der Waals surface area contributed by atoms with Gasteiger partial charge >= 0.3 is 6.18 Å². The zero-order chi connectivity index (χ0) is 10.1. The van der Waals surface area contributed by atoms with Crippen molar-refractivity contribution in [3.8, 4) is 0 Å². The van der Waals surface area contributed by atoms with E-state index in [0.717, 1.165) is 6.07 Å². The van der Waals surface area contributed by atoms with E-state index in [1.165, 1.54) is 6.07 Å². The van der Waals surface area contributed by atoms with Crippen LogP contribution in [-0.4, -0.2) is 10.1 Å². The van der Waals surface area contributed by atoms with E-state index in [-0.39, 0.29) is 5.69 Å². The lowest BCUT2D eigenvalue weighted by Crippen LogP contribution is -2.10. The van der Waals surface area contributed by atoms with E-state index in [2.05, 4.69) is 4.98 Å². The third kappa shape index (κ3) is 2.80. The van der Waals surface area contributed by atoms with Crippen LogP contribution < -0.4 is 0 Å². The maximum atomic E-state index is 12.1. The van der Waals surface area contributed by atoms with E-state index >= 15 is 0 Å². The summed E-state index contributed by atoms with van der Waals surface area (Å²) in [4.78, 5) is 3.24. The van der Waals surface area contributed by atoms with Crippen LogP contribution in [-0.2, 0) is 12.8 Å². The van der Waals surface area contributed by atoms with Crippen molar-refractivity contribution in [3.05, 3.63) is 27.1 Å². The van der Waals surface area contributed by atoms with E-state index in [4.69, 9.17) is 5.11 Å². The quantitative estimate of drug-likeness (QED) is 0.807. The number of aliphatic hydroxyl groups is 1. The number of nitrogens with zero attached hydrogens (tertiary/aromatic N) is 1. The number of hydrogen-bond acceptors (Lipinski definition) is 2. The van der Waals surface area contributed by atoms with E-state index in [1.807, 2.05) is 0 Å². The first-order chi connectivity index (χ1) is 5.93. The van der Waals surface area contributed by atoms with Crippen molar-refractivity contribution in [2.45, 2.75) is 12.8 Å². The molecule has 0 saturated carbocycles. The molecule has 6 heteroatoms. The third-order valence-electron chi connectivity index (χ3n) is 1.30. The molecule has 0 fully saturated rings. The molecule has 1 aromatic heterocycles. The van der Waals surface area contributed by atoms with Crippen molar-refractivity contribution in [1.82, 2.24) is 4.98 Å². The number of rotatable bonds is 1. The van der Waals surface area contributed by atoms with Crippen molar-refractivity contribution >= 4 is 22.6 Å². The SMILES string of the molecule is OCc1cc(I)cc(C(F)(F)F)n1. The van der Waals surface area contributed by atoms with Crippen LogP contribution in [0.2, 0.25) is 0 Å². The summed E-state index contributed by atoms with van der Waals surface area (Å²) < 4.78 is 36.8. The van der Waals surface area contributed by atoms with Gasteiger partial charge in [-0.15, -0.1) is 0 Å². The Labute approximate surface area is 85.9 Å². The first-order valence-electron chi connectivity index (χ1n) is 3.28. The van der Waals surface area contributed by atoms with Gasteiger partial charge in [0, 0.05) is 3.57 Å². The second kappa shape index (κ2) is 3.79. The van der Waals surface area contributed by atoms with Gasteiger partial charge in [0.2, 0.25) is 0 Å². The molecular weight excluding hydrogens is 298 g/mol. The number of pyridine rings is 1. The molecule has 13 heavy (non-hydrogen) atoms. The number of halogens is 4. The molecule has 0 spiro atoms. The maximum absolute atomic E-state index is 12.1. The van der Waals surface area contributed by atoms with Crippen LogP contribution in [0.5, 0.6) is 0 Å². The van der Waals surface area contributed by atoms with Gasteiger partial charge in [-0.1, -0.05) is 0 Å². The Bertz CT molecular complexity index is 313. The molecule has 1 N–H and O–H groups in total. The van der Waals surface area contributed by atoms with Gasteiger partial charge in [-0.2, -0.15) is 13.2 Å². The molecule has 2 nitrogen and oxygen atoms in total. The van der Waals surface area contributed by atoms with Crippen molar-refractivity contribution in [2.75, 3.05) is 0 Å². The first kappa shape index (κ1) is 10.7. The topological polar surface area (TPSA) is 33.1 Å². The highest BCUT2D eigenvalue weighted by molar-refractivity contribution is 14.1. The molecule has 0 aliphatic carbocycles. The van der Waals surface area contributed by atoms with Crippen molar-refractivity contribution in [2.24, 2.45) is 0 Å². The summed E-state index contributed by atoms with van der Waals surface area (Å²) in [5, 5.41) is 8.62. The van der Waals surface area contributed by atoms with E-state index in [0.29, 0.717) is 3.57 Å². The van der Waals surface area contributed by atoms with Crippen LogP contribution in [0.15, 0.2) is 12.1 Å². The fourth-order valence-electron chi connectivity index (χ4n) is 0.777. The van der Waals surface area contributed by atoms with Gasteiger partial charge in [0.15, 0.2) is 0 Å². The lowest BCUT2D eigenvalue weighted by molar-refractivity contribution is -0.141. The first-order valence-corrected chi connectivity index (χ1v) is 4.36.